The number of carbonyl (C=O) groups excluding carboxylic acids is 3. The number of carbonyl (C=O) groups is 3. The lowest BCUT2D eigenvalue weighted by Gasteiger charge is -2.29. The van der Waals surface area contributed by atoms with Crippen molar-refractivity contribution in [3.8, 4) is 30.0 Å². The molecule has 0 saturated heterocycles. The lowest BCUT2D eigenvalue weighted by atomic mass is 9.92. The zero-order valence-electron chi connectivity index (χ0n) is 48.1. The molecule has 3 amide bonds. The highest BCUT2D eigenvalue weighted by Crippen LogP contribution is 2.35. The van der Waals surface area contributed by atoms with Crippen LogP contribution in [0.3, 0.4) is 0 Å². The number of aryl methyl sites for hydroxylation is 1. The van der Waals surface area contributed by atoms with Crippen LogP contribution in [-0.2, 0) is 69.5 Å². The van der Waals surface area contributed by atoms with Crippen LogP contribution in [0.4, 0.5) is 30.2 Å². The van der Waals surface area contributed by atoms with E-state index in [0.717, 1.165) is 48.8 Å². The first-order valence-electron chi connectivity index (χ1n) is 27.6. The quantitative estimate of drug-likeness (QED) is 0.0501. The second kappa shape index (κ2) is 25.4. The highest BCUT2D eigenvalue weighted by molar-refractivity contribution is 7.90. The minimum atomic E-state index is -4.68. The maximum Gasteiger partial charge on any atom is 0.272 e. The van der Waals surface area contributed by atoms with Gasteiger partial charge in [0.2, 0.25) is 30.1 Å². The van der Waals surface area contributed by atoms with Gasteiger partial charge < -0.3 is 45.0 Å². The zero-order chi connectivity index (χ0) is 65.4. The lowest BCUT2D eigenvalue weighted by molar-refractivity contribution is 0.0730. The highest BCUT2D eigenvalue weighted by Gasteiger charge is 2.42. The van der Waals surface area contributed by atoms with Crippen molar-refractivity contribution in [1.82, 2.24) is 27.9 Å². The highest BCUT2D eigenvalue weighted by atomic mass is 32.2. The number of amides is 3. The molecule has 0 spiro atoms. The van der Waals surface area contributed by atoms with Gasteiger partial charge in [0, 0.05) is 72.0 Å². The number of hydrogen-bond acceptors (Lipinski definition) is 15. The number of sulfonamides is 3. The Morgan fingerprint density at radius 2 is 1.08 bits per heavy atom. The second-order valence-electron chi connectivity index (χ2n) is 22.0. The number of nitriles is 3. The van der Waals surface area contributed by atoms with Crippen molar-refractivity contribution in [3.63, 3.8) is 0 Å². The Balaban J connectivity index is 0.952. The summed E-state index contributed by atoms with van der Waals surface area (Å²) in [6, 6.07) is 11.2. The first-order valence-corrected chi connectivity index (χ1v) is 32.0. The maximum absolute atomic E-state index is 14.5. The van der Waals surface area contributed by atoms with Crippen LogP contribution in [0.25, 0.3) is 0 Å². The number of anilines is 3. The molecule has 30 heteroatoms. The first kappa shape index (κ1) is 65.3. The summed E-state index contributed by atoms with van der Waals surface area (Å²) in [7, 11) is -12.0. The van der Waals surface area contributed by atoms with E-state index < -0.39 is 123 Å². The second-order valence-corrected chi connectivity index (χ2v) is 27.0. The molecule has 6 heterocycles. The summed E-state index contributed by atoms with van der Waals surface area (Å²) in [6.07, 6.45) is 5.53. The molecule has 468 valence electrons. The van der Waals surface area contributed by atoms with Gasteiger partial charge in [0.25, 0.3) is 17.7 Å². The molecule has 0 saturated carbocycles. The molecule has 0 bridgehead atoms. The SMILES string of the molecule is C=CC(C)(O)C1CCc2c(cn(CC#CC(C)(O)C3CCc4c(cn(C/C=C\CC(O)C5CCc6c(cn(C)c6C(=O)Nc6ccc(F)c(C#N)c6)S(=O)(=O)N5)c4C(=O)Nc4ccc(F)c(C#N)c4)S(=O)(=O)N3)c2C(=O)Nc2ccc(F)c(C#N)c2)S(=O)(=O)N1. The largest absolute Gasteiger partial charge is 0.391 e. The van der Waals surface area contributed by atoms with E-state index in [4.69, 9.17) is 0 Å². The van der Waals surface area contributed by atoms with Crippen LogP contribution in [0, 0.1) is 63.3 Å². The van der Waals surface area contributed by atoms with E-state index in [2.05, 4.69) is 48.5 Å². The molecule has 3 aromatic carbocycles. The Labute approximate surface area is 515 Å². The van der Waals surface area contributed by atoms with Crippen LogP contribution in [0.2, 0.25) is 0 Å². The molecule has 6 unspecified atom stereocenters. The smallest absolute Gasteiger partial charge is 0.272 e. The van der Waals surface area contributed by atoms with E-state index in [-0.39, 0.29) is 118 Å². The monoisotopic (exact) mass is 1290 g/mol. The van der Waals surface area contributed by atoms with Crippen molar-refractivity contribution in [2.75, 3.05) is 16.0 Å². The molecular formula is C60H57F3N12O12S3. The number of nitrogens with zero attached hydrogens (tertiary/aromatic N) is 6. The van der Waals surface area contributed by atoms with Crippen LogP contribution >= 0.6 is 0 Å². The van der Waals surface area contributed by atoms with Gasteiger partial charge in [-0.05, 0) is 113 Å². The van der Waals surface area contributed by atoms with E-state index in [9.17, 15) is 83.9 Å². The van der Waals surface area contributed by atoms with E-state index in [0.29, 0.717) is 0 Å². The summed E-state index contributed by atoms with van der Waals surface area (Å²) in [6.45, 7) is 5.44. The molecular weight excluding hydrogens is 1230 g/mol. The average Bonchev–Trinajstić information content (AvgIpc) is 1.66. The minimum Gasteiger partial charge on any atom is -0.391 e. The van der Waals surface area contributed by atoms with Crippen molar-refractivity contribution < 1.29 is 68.1 Å². The van der Waals surface area contributed by atoms with Gasteiger partial charge in [-0.15, -0.1) is 6.58 Å². The summed E-state index contributed by atoms with van der Waals surface area (Å²) in [5.74, 6) is 0.275. The Morgan fingerprint density at radius 3 is 1.58 bits per heavy atom. The molecule has 3 aliphatic heterocycles. The predicted octanol–water partition coefficient (Wildman–Crippen LogP) is 4.60. The van der Waals surface area contributed by atoms with Crippen molar-refractivity contribution in [2.24, 2.45) is 7.05 Å². The third kappa shape index (κ3) is 13.4. The summed E-state index contributed by atoms with van der Waals surface area (Å²) >= 11 is 0. The van der Waals surface area contributed by atoms with Crippen LogP contribution in [0.1, 0.15) is 104 Å². The van der Waals surface area contributed by atoms with Crippen molar-refractivity contribution in [3.05, 3.63) is 166 Å². The van der Waals surface area contributed by atoms with Gasteiger partial charge in [-0.3, -0.25) is 14.4 Å². The molecule has 9 rings (SSSR count). The normalized spacial score (nSPS) is 19.7. The summed E-state index contributed by atoms with van der Waals surface area (Å²) in [4.78, 5) is 41.2. The number of rotatable bonds is 15. The molecule has 24 nitrogen and oxygen atoms in total. The van der Waals surface area contributed by atoms with Crippen LogP contribution in [0.5, 0.6) is 0 Å². The Kier molecular flexibility index (Phi) is 18.4. The molecule has 0 radical (unpaired) electrons. The van der Waals surface area contributed by atoms with Gasteiger partial charge in [-0.25, -0.2) is 52.6 Å². The van der Waals surface area contributed by atoms with Crippen LogP contribution < -0.4 is 30.1 Å². The molecule has 3 aliphatic rings. The predicted molar refractivity (Wildman–Crippen MR) is 318 cm³/mol. The van der Waals surface area contributed by atoms with E-state index in [1.807, 2.05) is 0 Å². The lowest BCUT2D eigenvalue weighted by Crippen LogP contribution is -2.49. The van der Waals surface area contributed by atoms with E-state index in [1.165, 1.54) is 77.2 Å². The maximum atomic E-state index is 14.5. The Bertz CT molecular complexity index is 4560. The number of aliphatic hydroxyl groups excluding tert-OH is 1. The Hall–Kier alpha value is -9.18. The zero-order valence-corrected chi connectivity index (χ0v) is 50.5. The van der Waals surface area contributed by atoms with Crippen LogP contribution in [-0.4, -0.2) is 107 Å². The van der Waals surface area contributed by atoms with Gasteiger partial charge in [-0.1, -0.05) is 30.1 Å². The van der Waals surface area contributed by atoms with Crippen LogP contribution in [0.15, 0.2) is 113 Å². The fourth-order valence-corrected chi connectivity index (χ4v) is 15.9. The van der Waals surface area contributed by atoms with Crippen molar-refractivity contribution in [2.45, 2.75) is 122 Å². The number of aliphatic hydroxyl groups is 3. The summed E-state index contributed by atoms with van der Waals surface area (Å²) in [5, 5.41) is 70.3. The standard InChI is InChI=1S/C60H57F3N12O12S3/c1-5-59(2,80)51-20-14-41-50(89(84,85)71-51)33-75(55(41)58(79)69-39-12-18-45(63)36(27-39)30-66)24-8-22-60(3,81)52-21-15-42-49(90(86,87)72-52)32-74(54(42)57(78)68-38-11-17-44(62)35(26-38)29-65)23-7-6-9-47(76)46-19-13-40-48(88(82,83)70-46)31-73(4)53(40)56(77)67-37-10-16-43(61)34(25-37)28-64/h5-7,10-12,16-18,25-27,31-33,46-47,51-52,70-72,76,80-81H,1,9,13-15,19-21,23-24H2,2-4H3,(H,67,77)(H,68,78)(H,69,79)/b7-6-. The summed E-state index contributed by atoms with van der Waals surface area (Å²) in [5.41, 5.74) is -5.42. The number of allylic oxidation sites excluding steroid dienone is 1. The van der Waals surface area contributed by atoms with Crippen molar-refractivity contribution in [1.29, 1.82) is 15.8 Å². The number of benzene rings is 3. The van der Waals surface area contributed by atoms with Gasteiger partial charge in [0.05, 0.1) is 47.0 Å². The van der Waals surface area contributed by atoms with Gasteiger partial charge in [-0.2, -0.15) is 15.8 Å². The van der Waals surface area contributed by atoms with Gasteiger partial charge in [0.15, 0.2) is 0 Å². The number of aromatic nitrogens is 3. The third-order valence-electron chi connectivity index (χ3n) is 15.8. The number of nitrogens with one attached hydrogen (secondary N) is 6. The molecule has 0 aliphatic carbocycles. The third-order valence-corrected chi connectivity index (χ3v) is 20.3. The first-order chi connectivity index (χ1) is 42.4. The van der Waals surface area contributed by atoms with Crippen molar-refractivity contribution >= 4 is 64.9 Å². The van der Waals surface area contributed by atoms with Gasteiger partial charge >= 0.3 is 0 Å². The minimum absolute atomic E-state index is 0.00523. The number of hydrogen-bond donors (Lipinski definition) is 9. The fraction of sp³-hybridized carbons (Fsp3) is 0.300. The number of halogens is 3. The molecule has 6 aromatic rings. The topological polar surface area (TPSA) is 373 Å². The fourth-order valence-electron chi connectivity index (χ4n) is 11.0. The Morgan fingerprint density at radius 1 is 0.656 bits per heavy atom. The van der Waals surface area contributed by atoms with Gasteiger partial charge in [0.1, 0.15) is 73.0 Å². The van der Waals surface area contributed by atoms with E-state index in [1.54, 1.807) is 18.2 Å². The average molecular weight is 1290 g/mol. The molecule has 6 atom stereocenters. The molecule has 0 fully saturated rings. The number of fused-ring (bicyclic) bond motifs is 3. The molecule has 9 N–H and O–H groups in total. The van der Waals surface area contributed by atoms with E-state index >= 15 is 0 Å². The molecule has 3 aromatic heterocycles. The summed E-state index contributed by atoms with van der Waals surface area (Å²) < 4.78 is 138. The molecule has 90 heavy (non-hydrogen) atoms.